The molecule has 3 aromatic rings. The van der Waals surface area contributed by atoms with Gasteiger partial charge in [-0.05, 0) is 11.6 Å². The van der Waals surface area contributed by atoms with Gasteiger partial charge in [-0.25, -0.2) is 9.66 Å². The van der Waals surface area contributed by atoms with E-state index < -0.39 is 0 Å². The topological polar surface area (TPSA) is 60.9 Å². The normalized spacial score (nSPS) is 11.4. The number of benzene rings is 1. The first kappa shape index (κ1) is 14.2. The first-order chi connectivity index (χ1) is 10.1. The van der Waals surface area contributed by atoms with Gasteiger partial charge in [0.05, 0.1) is 5.39 Å². The Balaban J connectivity index is 2.18. The van der Waals surface area contributed by atoms with Crippen molar-refractivity contribution in [3.63, 3.8) is 0 Å². The first-order valence-corrected chi connectivity index (χ1v) is 8.29. The highest BCUT2D eigenvalue weighted by molar-refractivity contribution is 7.99. The third-order valence-electron chi connectivity index (χ3n) is 2.96. The molecule has 2 N–H and O–H groups in total. The molecule has 0 aliphatic heterocycles. The van der Waals surface area contributed by atoms with Crippen LogP contribution in [0.2, 0.25) is 0 Å². The lowest BCUT2D eigenvalue weighted by molar-refractivity contribution is 0.779. The SMILES string of the molecule is CC(C)Sc1nc2sc(-c3ccccc3)cc2c(=O)n1N. The number of nitrogens with zero attached hydrogens (tertiary/aromatic N) is 2. The molecular weight excluding hydrogens is 302 g/mol. The molecule has 0 bridgehead atoms. The number of rotatable bonds is 3. The van der Waals surface area contributed by atoms with E-state index in [4.69, 9.17) is 5.84 Å². The molecule has 0 spiro atoms. The van der Waals surface area contributed by atoms with Gasteiger partial charge in [0, 0.05) is 10.1 Å². The van der Waals surface area contributed by atoms with Crippen molar-refractivity contribution < 1.29 is 0 Å². The summed E-state index contributed by atoms with van der Waals surface area (Å²) in [4.78, 5) is 18.7. The largest absolute Gasteiger partial charge is 0.334 e. The van der Waals surface area contributed by atoms with Gasteiger partial charge >= 0.3 is 0 Å². The van der Waals surface area contributed by atoms with E-state index >= 15 is 0 Å². The summed E-state index contributed by atoms with van der Waals surface area (Å²) in [5, 5.41) is 1.45. The minimum absolute atomic E-state index is 0.193. The molecule has 0 saturated carbocycles. The Morgan fingerprint density at radius 3 is 2.67 bits per heavy atom. The van der Waals surface area contributed by atoms with Crippen molar-refractivity contribution >= 4 is 33.3 Å². The van der Waals surface area contributed by atoms with Crippen LogP contribution >= 0.6 is 23.1 Å². The van der Waals surface area contributed by atoms with Gasteiger partial charge in [0.2, 0.25) is 0 Å². The predicted molar refractivity (Wildman–Crippen MR) is 90.5 cm³/mol. The number of hydrogen-bond acceptors (Lipinski definition) is 5. The van der Waals surface area contributed by atoms with Crippen molar-refractivity contribution in [1.29, 1.82) is 0 Å². The molecule has 0 fully saturated rings. The average Bonchev–Trinajstić information content (AvgIpc) is 2.89. The molecule has 0 saturated heterocycles. The number of nitrogens with two attached hydrogens (primary N) is 1. The Morgan fingerprint density at radius 2 is 2.00 bits per heavy atom. The van der Waals surface area contributed by atoms with Gasteiger partial charge in [-0.3, -0.25) is 4.79 Å². The number of fused-ring (bicyclic) bond motifs is 1. The van der Waals surface area contributed by atoms with E-state index in [0.717, 1.165) is 19.9 Å². The summed E-state index contributed by atoms with van der Waals surface area (Å²) < 4.78 is 1.15. The molecule has 2 heterocycles. The Hall–Kier alpha value is -1.79. The van der Waals surface area contributed by atoms with Gasteiger partial charge < -0.3 is 5.84 Å². The maximum absolute atomic E-state index is 12.4. The van der Waals surface area contributed by atoms with Gasteiger partial charge in [0.25, 0.3) is 5.56 Å². The maximum atomic E-state index is 12.4. The first-order valence-electron chi connectivity index (χ1n) is 6.60. The van der Waals surface area contributed by atoms with E-state index in [2.05, 4.69) is 4.98 Å². The Kier molecular flexibility index (Phi) is 3.73. The van der Waals surface area contributed by atoms with Gasteiger partial charge in [-0.1, -0.05) is 55.9 Å². The molecule has 0 unspecified atom stereocenters. The van der Waals surface area contributed by atoms with E-state index in [1.54, 1.807) is 0 Å². The quantitative estimate of drug-likeness (QED) is 0.457. The maximum Gasteiger partial charge on any atom is 0.281 e. The fourth-order valence-corrected chi connectivity index (χ4v) is 3.86. The zero-order chi connectivity index (χ0) is 15.0. The number of hydrogen-bond donors (Lipinski definition) is 1. The van der Waals surface area contributed by atoms with E-state index in [1.165, 1.54) is 23.1 Å². The van der Waals surface area contributed by atoms with Crippen LogP contribution < -0.4 is 11.4 Å². The van der Waals surface area contributed by atoms with Crippen LogP contribution in [0.25, 0.3) is 20.7 Å². The zero-order valence-corrected chi connectivity index (χ0v) is 13.4. The van der Waals surface area contributed by atoms with Crippen LogP contribution in [-0.4, -0.2) is 14.9 Å². The van der Waals surface area contributed by atoms with Crippen LogP contribution in [0.1, 0.15) is 13.8 Å². The van der Waals surface area contributed by atoms with Crippen molar-refractivity contribution in [3.8, 4) is 10.4 Å². The number of aromatic nitrogens is 2. The monoisotopic (exact) mass is 317 g/mol. The van der Waals surface area contributed by atoms with Crippen molar-refractivity contribution in [1.82, 2.24) is 9.66 Å². The van der Waals surface area contributed by atoms with Crippen LogP contribution in [0, 0.1) is 0 Å². The fourth-order valence-electron chi connectivity index (χ4n) is 2.01. The highest BCUT2D eigenvalue weighted by Crippen LogP contribution is 2.32. The molecule has 0 atom stereocenters. The van der Waals surface area contributed by atoms with Crippen LogP contribution in [0.5, 0.6) is 0 Å². The second-order valence-electron chi connectivity index (χ2n) is 4.93. The molecule has 0 radical (unpaired) electrons. The van der Waals surface area contributed by atoms with E-state index in [1.807, 2.05) is 50.2 Å². The molecule has 4 nitrogen and oxygen atoms in total. The van der Waals surface area contributed by atoms with Gasteiger partial charge in [0.15, 0.2) is 5.16 Å². The Morgan fingerprint density at radius 1 is 1.29 bits per heavy atom. The van der Waals surface area contributed by atoms with E-state index in [0.29, 0.717) is 15.8 Å². The molecule has 1 aromatic carbocycles. The average molecular weight is 317 g/mol. The highest BCUT2D eigenvalue weighted by Gasteiger charge is 2.14. The second kappa shape index (κ2) is 5.54. The van der Waals surface area contributed by atoms with Crippen molar-refractivity contribution in [2.45, 2.75) is 24.3 Å². The summed E-state index contributed by atoms with van der Waals surface area (Å²) >= 11 is 3.01. The van der Waals surface area contributed by atoms with Gasteiger partial charge in [-0.15, -0.1) is 11.3 Å². The number of thioether (sulfide) groups is 1. The molecular formula is C15H15N3OS2. The van der Waals surface area contributed by atoms with E-state index in [9.17, 15) is 4.79 Å². The van der Waals surface area contributed by atoms with Crippen molar-refractivity contribution in [2.24, 2.45) is 0 Å². The van der Waals surface area contributed by atoms with E-state index in [-0.39, 0.29) is 5.56 Å². The fraction of sp³-hybridized carbons (Fsp3) is 0.200. The second-order valence-corrected chi connectivity index (χ2v) is 7.51. The molecule has 0 aliphatic carbocycles. The minimum Gasteiger partial charge on any atom is -0.334 e. The lowest BCUT2D eigenvalue weighted by Crippen LogP contribution is -2.29. The summed E-state index contributed by atoms with van der Waals surface area (Å²) in [5.41, 5.74) is 0.892. The van der Waals surface area contributed by atoms with Crippen LogP contribution in [0.3, 0.4) is 0 Å². The molecule has 0 amide bonds. The molecule has 6 heteroatoms. The van der Waals surface area contributed by atoms with Crippen molar-refractivity contribution in [2.75, 3.05) is 5.84 Å². The summed E-state index contributed by atoms with van der Waals surface area (Å²) in [5.74, 6) is 5.87. The smallest absolute Gasteiger partial charge is 0.281 e. The van der Waals surface area contributed by atoms with Gasteiger partial charge in [-0.2, -0.15) is 0 Å². The summed E-state index contributed by atoms with van der Waals surface area (Å²) in [6.45, 7) is 4.09. The number of thiophene rings is 1. The highest BCUT2D eigenvalue weighted by atomic mass is 32.2. The van der Waals surface area contributed by atoms with Crippen molar-refractivity contribution in [3.05, 3.63) is 46.8 Å². The van der Waals surface area contributed by atoms with Crippen LogP contribution in [0.15, 0.2) is 46.3 Å². The summed E-state index contributed by atoms with van der Waals surface area (Å²) in [6, 6.07) is 11.9. The minimum atomic E-state index is -0.193. The molecule has 3 rings (SSSR count). The standard InChI is InChI=1S/C15H15N3OS2/c1-9(2)20-15-17-13-11(14(19)18(15)16)8-12(21-13)10-6-4-3-5-7-10/h3-9H,16H2,1-2H3. The zero-order valence-electron chi connectivity index (χ0n) is 11.7. The third kappa shape index (κ3) is 2.69. The Bertz CT molecular complexity index is 837. The van der Waals surface area contributed by atoms with Crippen LogP contribution in [0.4, 0.5) is 0 Å². The molecule has 108 valence electrons. The molecule has 2 aromatic heterocycles. The van der Waals surface area contributed by atoms with Gasteiger partial charge in [0.1, 0.15) is 4.83 Å². The number of nitrogen functional groups attached to an aromatic ring is 1. The summed E-state index contributed by atoms with van der Waals surface area (Å²) in [7, 11) is 0. The summed E-state index contributed by atoms with van der Waals surface area (Å²) in [6.07, 6.45) is 0. The molecule has 21 heavy (non-hydrogen) atoms. The third-order valence-corrected chi connectivity index (χ3v) is 5.01. The lowest BCUT2D eigenvalue weighted by Gasteiger charge is -2.08. The lowest BCUT2D eigenvalue weighted by atomic mass is 10.2. The molecule has 0 aliphatic rings. The van der Waals surface area contributed by atoms with Crippen LogP contribution in [-0.2, 0) is 0 Å². The predicted octanol–water partition coefficient (Wildman–Crippen LogP) is 3.34. The Labute approximate surface area is 130 Å².